The third kappa shape index (κ3) is 41.1. The summed E-state index contributed by atoms with van der Waals surface area (Å²) >= 11 is 0. The summed E-state index contributed by atoms with van der Waals surface area (Å²) in [7, 11) is 7.06. The molecule has 0 aromatic rings. The molecule has 2 amide bonds. The Bertz CT molecular complexity index is 1360. The van der Waals surface area contributed by atoms with Gasteiger partial charge in [0, 0.05) is 37.7 Å². The summed E-state index contributed by atoms with van der Waals surface area (Å²) in [5.74, 6) is 0.942. The third-order valence-corrected chi connectivity index (χ3v) is 15.4. The van der Waals surface area contributed by atoms with Crippen molar-refractivity contribution in [1.82, 2.24) is 15.1 Å². The molecule has 0 fully saturated rings. The molecule has 0 aromatic carbocycles. The molecule has 0 radical (unpaired) electrons. The minimum Gasteiger partial charge on any atom is -0.462 e. The van der Waals surface area contributed by atoms with Gasteiger partial charge in [-0.25, -0.2) is 9.59 Å². The van der Waals surface area contributed by atoms with Crippen LogP contribution in [0, 0.1) is 21.7 Å². The Balaban J connectivity index is 5.85. The summed E-state index contributed by atoms with van der Waals surface area (Å²) < 4.78 is 23.6. The van der Waals surface area contributed by atoms with E-state index < -0.39 is 6.09 Å². The van der Waals surface area contributed by atoms with Crippen LogP contribution in [0.1, 0.15) is 250 Å². The molecule has 0 spiro atoms. The maximum atomic E-state index is 14.2. The number of alkyl carbamates (subject to hydrolysis) is 1. The van der Waals surface area contributed by atoms with Crippen molar-refractivity contribution in [2.24, 2.45) is 21.7 Å². The van der Waals surface area contributed by atoms with Gasteiger partial charge in [-0.3, -0.25) is 9.59 Å². The molecule has 0 aliphatic rings. The smallest absolute Gasteiger partial charge is 0.409 e. The number of hydrogen-bond acceptors (Lipinski definition) is 11. The van der Waals surface area contributed by atoms with E-state index in [1.165, 1.54) is 96.3 Å². The molecule has 11 nitrogen and oxygen atoms in total. The van der Waals surface area contributed by atoms with Crippen LogP contribution in [0.3, 0.4) is 0 Å². The van der Waals surface area contributed by atoms with Gasteiger partial charge in [-0.15, -0.1) is 0 Å². The summed E-state index contributed by atoms with van der Waals surface area (Å²) in [6, 6.07) is 0. The van der Waals surface area contributed by atoms with Crippen molar-refractivity contribution < 1.29 is 38.1 Å². The zero-order valence-electron chi connectivity index (χ0n) is 48.7. The van der Waals surface area contributed by atoms with E-state index in [0.29, 0.717) is 63.4 Å². The van der Waals surface area contributed by atoms with Crippen LogP contribution in [0.15, 0.2) is 0 Å². The van der Waals surface area contributed by atoms with Crippen molar-refractivity contribution in [2.75, 3.05) is 65.0 Å². The summed E-state index contributed by atoms with van der Waals surface area (Å²) in [6.45, 7) is 28.8. The van der Waals surface area contributed by atoms with E-state index in [2.05, 4.69) is 88.4 Å². The first-order chi connectivity index (χ1) is 33.5. The molecule has 1 atom stereocenters. The molecule has 71 heavy (non-hydrogen) atoms. The molecule has 1 unspecified atom stereocenters. The fourth-order valence-electron chi connectivity index (χ4n) is 10.3. The van der Waals surface area contributed by atoms with E-state index in [0.717, 1.165) is 51.5 Å². The number of nitrogens with zero attached hydrogens (tertiary/aromatic N) is 2. The van der Waals surface area contributed by atoms with Crippen LogP contribution < -0.4 is 5.32 Å². The first-order valence-corrected chi connectivity index (χ1v) is 31.1. The lowest BCUT2D eigenvalue weighted by molar-refractivity contribution is -0.153. The number of ether oxygens (including phenoxy) is 4. The lowest BCUT2D eigenvalue weighted by Gasteiger charge is -2.42. The molecule has 0 aliphatic heterocycles. The third-order valence-electron chi connectivity index (χ3n) is 13.1. The minimum absolute atomic E-state index is 0.0325. The standard InChI is InChI=1S/C58H113N3O8S2/c1-15-19-22-25-28-31-34-49(18-4)68-51(62)43-55(5,6)45-57(9,10)47-61(54(65)67-40-42-71-70-41-39-66-53(64)59-37-38-60(13)14)48-58(11,12)46-56(7,8)44-52(63)69-50(35-32-29-26-23-20-16-2)36-33-30-27-24-21-17-3/h49-50H,15-48H2,1-14H3,(H,59,64). The van der Waals surface area contributed by atoms with Gasteiger partial charge in [0.1, 0.15) is 25.4 Å². The second-order valence-electron chi connectivity index (χ2n) is 24.1. The number of esters is 2. The Labute approximate surface area is 445 Å². The highest BCUT2D eigenvalue weighted by atomic mass is 33.1. The van der Waals surface area contributed by atoms with Crippen LogP contribution in [-0.2, 0) is 28.5 Å². The zero-order chi connectivity index (χ0) is 53.6. The molecule has 0 heterocycles. The van der Waals surface area contributed by atoms with Gasteiger partial charge in [0.05, 0.1) is 12.8 Å². The monoisotopic (exact) mass is 1040 g/mol. The van der Waals surface area contributed by atoms with Crippen molar-refractivity contribution in [1.29, 1.82) is 0 Å². The van der Waals surface area contributed by atoms with Gasteiger partial charge in [0.15, 0.2) is 0 Å². The Morgan fingerprint density at radius 3 is 1.30 bits per heavy atom. The summed E-state index contributed by atoms with van der Waals surface area (Å²) in [4.78, 5) is 57.1. The first kappa shape index (κ1) is 69.1. The second kappa shape index (κ2) is 40.5. The highest BCUT2D eigenvalue weighted by Crippen LogP contribution is 2.41. The van der Waals surface area contributed by atoms with Gasteiger partial charge in [-0.05, 0) is 93.5 Å². The van der Waals surface area contributed by atoms with Crippen molar-refractivity contribution in [2.45, 2.75) is 262 Å². The largest absolute Gasteiger partial charge is 0.462 e. The van der Waals surface area contributed by atoms with Crippen molar-refractivity contribution >= 4 is 45.7 Å². The number of rotatable bonds is 46. The predicted octanol–water partition coefficient (Wildman–Crippen LogP) is 16.2. The summed E-state index contributed by atoms with van der Waals surface area (Å²) in [5, 5.41) is 2.75. The normalized spacial score (nSPS) is 12.8. The molecule has 0 saturated heterocycles. The fraction of sp³-hybridized carbons (Fsp3) is 0.931. The molecule has 0 rings (SSSR count). The van der Waals surface area contributed by atoms with Crippen LogP contribution in [0.25, 0.3) is 0 Å². The van der Waals surface area contributed by atoms with Crippen molar-refractivity contribution in [3.8, 4) is 0 Å². The zero-order valence-corrected chi connectivity index (χ0v) is 50.3. The second-order valence-corrected chi connectivity index (χ2v) is 26.8. The lowest BCUT2D eigenvalue weighted by atomic mass is 9.71. The van der Waals surface area contributed by atoms with Crippen molar-refractivity contribution in [3.63, 3.8) is 0 Å². The van der Waals surface area contributed by atoms with Gasteiger partial charge in [-0.1, -0.05) is 201 Å². The van der Waals surface area contributed by atoms with Gasteiger partial charge < -0.3 is 34.1 Å². The summed E-state index contributed by atoms with van der Waals surface area (Å²) in [6.07, 6.45) is 26.7. The van der Waals surface area contributed by atoms with E-state index in [-0.39, 0.29) is 58.5 Å². The van der Waals surface area contributed by atoms with E-state index >= 15 is 0 Å². The quantitative estimate of drug-likeness (QED) is 0.0271. The molecule has 0 aliphatic carbocycles. The van der Waals surface area contributed by atoms with E-state index in [1.807, 2.05) is 23.9 Å². The first-order valence-electron chi connectivity index (χ1n) is 28.6. The number of nitrogens with one attached hydrogen (secondary N) is 1. The highest BCUT2D eigenvalue weighted by Gasteiger charge is 2.38. The van der Waals surface area contributed by atoms with E-state index in [1.54, 1.807) is 21.6 Å². The molecular weight excluding hydrogens is 931 g/mol. The maximum Gasteiger partial charge on any atom is 0.409 e. The molecular formula is C58H113N3O8S2. The number of unbranched alkanes of at least 4 members (excludes halogenated alkanes) is 15. The van der Waals surface area contributed by atoms with Gasteiger partial charge in [0.25, 0.3) is 0 Å². The fourth-order valence-corrected chi connectivity index (χ4v) is 12.0. The number of likely N-dealkylation sites (N-methyl/N-ethyl adjacent to an activating group) is 1. The Morgan fingerprint density at radius 1 is 0.507 bits per heavy atom. The number of amides is 2. The molecule has 13 heteroatoms. The van der Waals surface area contributed by atoms with Crippen LogP contribution >= 0.6 is 21.6 Å². The molecule has 0 aromatic heterocycles. The Kier molecular flexibility index (Phi) is 39.4. The lowest BCUT2D eigenvalue weighted by Crippen LogP contribution is -2.46. The van der Waals surface area contributed by atoms with Crippen molar-refractivity contribution in [3.05, 3.63) is 0 Å². The van der Waals surface area contributed by atoms with Crippen LogP contribution in [-0.4, -0.2) is 111 Å². The minimum atomic E-state index is -0.417. The number of carbonyl (C=O) groups excluding carboxylic acids is 4. The number of hydrogen-bond donors (Lipinski definition) is 1. The average Bonchev–Trinajstić information content (AvgIpc) is 3.25. The summed E-state index contributed by atoms with van der Waals surface area (Å²) in [5.41, 5.74) is -1.44. The topological polar surface area (TPSA) is 124 Å². The SMILES string of the molecule is CCCCCCCCC(CC)OC(=O)CC(C)(C)CC(C)(C)CN(CC(C)(C)CC(C)(C)CC(=O)OC(CCCCCCCC)CCCCCCCC)C(=O)OCCSSCCOC(=O)NCCN(C)C. The maximum absolute atomic E-state index is 14.2. The van der Waals surface area contributed by atoms with Gasteiger partial charge in [0.2, 0.25) is 0 Å². The Morgan fingerprint density at radius 2 is 0.887 bits per heavy atom. The van der Waals surface area contributed by atoms with Crippen LogP contribution in [0.4, 0.5) is 9.59 Å². The molecule has 1 N–H and O–H groups in total. The molecule has 0 saturated carbocycles. The molecule has 420 valence electrons. The van der Waals surface area contributed by atoms with E-state index in [4.69, 9.17) is 18.9 Å². The molecule has 0 bridgehead atoms. The number of carbonyl (C=O) groups is 4. The van der Waals surface area contributed by atoms with Crippen LogP contribution in [0.2, 0.25) is 0 Å². The van der Waals surface area contributed by atoms with Gasteiger partial charge in [-0.2, -0.15) is 0 Å². The van der Waals surface area contributed by atoms with Gasteiger partial charge >= 0.3 is 24.1 Å². The predicted molar refractivity (Wildman–Crippen MR) is 303 cm³/mol. The Hall–Kier alpha value is -1.86. The highest BCUT2D eigenvalue weighted by molar-refractivity contribution is 8.76. The average molecular weight is 1040 g/mol. The van der Waals surface area contributed by atoms with Crippen LogP contribution in [0.5, 0.6) is 0 Å². The van der Waals surface area contributed by atoms with E-state index in [9.17, 15) is 19.2 Å².